The van der Waals surface area contributed by atoms with Crippen molar-refractivity contribution < 1.29 is 49.0 Å². The Morgan fingerprint density at radius 1 is 0.435 bits per heavy atom. The third-order valence-electron chi connectivity index (χ3n) is 13.5. The quantitative estimate of drug-likeness (QED) is 0.0263. The molecule has 69 heavy (non-hydrogen) atoms. The van der Waals surface area contributed by atoms with Crippen molar-refractivity contribution in [3.05, 3.63) is 36.5 Å². The molecule has 0 bridgehead atoms. The molecular weight excluding hydrogens is 869 g/mol. The van der Waals surface area contributed by atoms with Gasteiger partial charge in [0.15, 0.2) is 12.4 Å². The number of aliphatic hydroxyl groups is 4. The van der Waals surface area contributed by atoms with Gasteiger partial charge in [0, 0.05) is 12.8 Å². The number of hydrogen-bond acceptors (Lipinski definition) is 10. The summed E-state index contributed by atoms with van der Waals surface area (Å²) in [6.45, 7) is 3.43. The third kappa shape index (κ3) is 40.1. The summed E-state index contributed by atoms with van der Waals surface area (Å²) in [7, 11) is 0. The van der Waals surface area contributed by atoms with E-state index in [1.807, 2.05) is 0 Å². The Morgan fingerprint density at radius 2 is 0.797 bits per heavy atom. The lowest BCUT2D eigenvalue weighted by atomic mass is 9.99. The Balaban J connectivity index is 2.23. The summed E-state index contributed by atoms with van der Waals surface area (Å²) in [6.07, 6.45) is 53.2. The predicted octanol–water partition coefficient (Wildman–Crippen LogP) is 14.6. The van der Waals surface area contributed by atoms with E-state index in [4.69, 9.17) is 18.9 Å². The number of aliphatic hydroxyl groups excluding tert-OH is 4. The van der Waals surface area contributed by atoms with E-state index in [1.54, 1.807) is 0 Å². The van der Waals surface area contributed by atoms with Gasteiger partial charge < -0.3 is 39.4 Å². The summed E-state index contributed by atoms with van der Waals surface area (Å²) in [5.74, 6) is -0.845. The molecule has 0 aromatic rings. The first-order valence-corrected chi connectivity index (χ1v) is 29.1. The van der Waals surface area contributed by atoms with Crippen molar-refractivity contribution in [1.29, 1.82) is 0 Å². The van der Waals surface area contributed by atoms with Crippen LogP contribution in [-0.2, 0) is 28.5 Å². The van der Waals surface area contributed by atoms with Crippen LogP contribution in [0.4, 0.5) is 0 Å². The average molecular weight is 978 g/mol. The molecule has 6 atom stereocenters. The minimum atomic E-state index is -1.60. The van der Waals surface area contributed by atoms with Crippen molar-refractivity contribution in [3.8, 4) is 0 Å². The molecule has 1 fully saturated rings. The molecule has 404 valence electrons. The van der Waals surface area contributed by atoms with Gasteiger partial charge in [-0.25, -0.2) is 0 Å². The second-order valence-electron chi connectivity index (χ2n) is 20.1. The summed E-state index contributed by atoms with van der Waals surface area (Å²) in [5, 5.41) is 40.3. The molecule has 0 saturated carbocycles. The molecule has 1 rings (SSSR count). The molecule has 4 N–H and O–H groups in total. The van der Waals surface area contributed by atoms with Gasteiger partial charge in [-0.15, -0.1) is 0 Å². The van der Waals surface area contributed by atoms with E-state index in [2.05, 4.69) is 50.3 Å². The van der Waals surface area contributed by atoms with Crippen LogP contribution in [0, 0.1) is 0 Å². The maximum Gasteiger partial charge on any atom is 0.306 e. The summed E-state index contributed by atoms with van der Waals surface area (Å²) in [6, 6.07) is 0. The topological polar surface area (TPSA) is 152 Å². The highest BCUT2D eigenvalue weighted by Crippen LogP contribution is 2.23. The van der Waals surface area contributed by atoms with E-state index in [0.29, 0.717) is 6.42 Å². The maximum absolute atomic E-state index is 12.9. The number of carbonyl (C=O) groups is 2. The molecule has 0 aromatic heterocycles. The first-order chi connectivity index (χ1) is 33.8. The van der Waals surface area contributed by atoms with Gasteiger partial charge in [0.25, 0.3) is 0 Å². The molecule has 0 aliphatic carbocycles. The van der Waals surface area contributed by atoms with E-state index in [1.165, 1.54) is 193 Å². The summed E-state index contributed by atoms with van der Waals surface area (Å²) >= 11 is 0. The van der Waals surface area contributed by atoms with E-state index in [-0.39, 0.29) is 32.0 Å². The fraction of sp³-hybridized carbons (Fsp3) is 0.864. The van der Waals surface area contributed by atoms with E-state index in [9.17, 15) is 30.0 Å². The molecule has 0 spiro atoms. The minimum Gasteiger partial charge on any atom is -0.462 e. The number of hydrogen-bond donors (Lipinski definition) is 4. The fourth-order valence-corrected chi connectivity index (χ4v) is 8.91. The Morgan fingerprint density at radius 3 is 1.22 bits per heavy atom. The number of unbranched alkanes of at least 4 members (excludes halogenated alkanes) is 33. The second-order valence-corrected chi connectivity index (χ2v) is 20.1. The van der Waals surface area contributed by atoms with E-state index in [0.717, 1.165) is 44.9 Å². The standard InChI is InChI=1S/C59H108O10/c1-3-5-7-9-11-13-15-17-19-21-23-25-26-28-30-32-34-36-38-40-42-44-46-48-55(62)68-52(51-67-59-58(65)57(64)56(63)53(49-60)69-59)50-66-54(61)47-45-43-41-39-37-35-33-31-29-27-24-22-20-18-16-14-12-10-8-6-4-2/h18,20,32,34,40,42,52-53,56-60,63-65H,3-17,19,21-31,33,35-39,41,43-51H2,1-2H3/b20-18+,34-32+,42-40+/t52-,53-,56+,57?,58?,59-/m1/s1. The lowest BCUT2D eigenvalue weighted by Gasteiger charge is -2.39. The van der Waals surface area contributed by atoms with Gasteiger partial charge in [-0.1, -0.05) is 224 Å². The van der Waals surface area contributed by atoms with Crippen LogP contribution in [0.15, 0.2) is 36.5 Å². The normalized spacial score (nSPS) is 19.1. The SMILES string of the molecule is CCCCCCCC/C=C/CCCCCCCCCCCCCC(=O)OC[C@H](CO[C@@H]1O[C@H](CO)[C@H](O)C(O)C1O)OC(=O)CCC/C=C/CC/C=C/CCCCCCCCCCCCCCCC. The molecule has 2 unspecified atom stereocenters. The van der Waals surface area contributed by atoms with Gasteiger partial charge in [0.1, 0.15) is 31.0 Å². The Bertz CT molecular complexity index is 1220. The number of allylic oxidation sites excluding steroid dienone is 6. The average Bonchev–Trinajstić information content (AvgIpc) is 3.35. The van der Waals surface area contributed by atoms with Gasteiger partial charge in [0.05, 0.1) is 13.2 Å². The van der Waals surface area contributed by atoms with Gasteiger partial charge in [0.2, 0.25) is 0 Å². The predicted molar refractivity (Wildman–Crippen MR) is 284 cm³/mol. The van der Waals surface area contributed by atoms with Gasteiger partial charge in [-0.05, 0) is 70.6 Å². The van der Waals surface area contributed by atoms with Crippen LogP contribution in [0.3, 0.4) is 0 Å². The number of rotatable bonds is 50. The lowest BCUT2D eigenvalue weighted by Crippen LogP contribution is -2.59. The molecule has 1 heterocycles. The zero-order valence-corrected chi connectivity index (χ0v) is 44.6. The van der Waals surface area contributed by atoms with Crippen molar-refractivity contribution >= 4 is 11.9 Å². The Hall–Kier alpha value is -2.08. The van der Waals surface area contributed by atoms with Crippen LogP contribution in [-0.4, -0.2) is 89.0 Å². The molecule has 0 radical (unpaired) electrons. The summed E-state index contributed by atoms with van der Waals surface area (Å²) in [5.41, 5.74) is 0. The fourth-order valence-electron chi connectivity index (χ4n) is 8.91. The van der Waals surface area contributed by atoms with Crippen molar-refractivity contribution in [2.24, 2.45) is 0 Å². The highest BCUT2D eigenvalue weighted by Gasteiger charge is 2.44. The first-order valence-electron chi connectivity index (χ1n) is 29.1. The molecular formula is C59H108O10. The number of ether oxygens (including phenoxy) is 4. The van der Waals surface area contributed by atoms with Crippen molar-refractivity contribution in [1.82, 2.24) is 0 Å². The molecule has 10 nitrogen and oxygen atoms in total. The van der Waals surface area contributed by atoms with Crippen LogP contribution >= 0.6 is 0 Å². The van der Waals surface area contributed by atoms with E-state index < -0.39 is 49.4 Å². The lowest BCUT2D eigenvalue weighted by molar-refractivity contribution is -0.305. The highest BCUT2D eigenvalue weighted by molar-refractivity contribution is 5.70. The smallest absolute Gasteiger partial charge is 0.306 e. The van der Waals surface area contributed by atoms with Crippen molar-refractivity contribution in [3.63, 3.8) is 0 Å². The Labute approximate surface area is 423 Å². The van der Waals surface area contributed by atoms with Crippen LogP contribution < -0.4 is 0 Å². The molecule has 10 heteroatoms. The van der Waals surface area contributed by atoms with Gasteiger partial charge in [-0.2, -0.15) is 0 Å². The molecule has 1 aliphatic heterocycles. The zero-order chi connectivity index (χ0) is 50.1. The zero-order valence-electron chi connectivity index (χ0n) is 44.6. The monoisotopic (exact) mass is 977 g/mol. The number of carbonyl (C=O) groups excluding carboxylic acids is 2. The highest BCUT2D eigenvalue weighted by atomic mass is 16.7. The molecule has 0 aromatic carbocycles. The second kappa shape index (κ2) is 49.5. The molecule has 1 saturated heterocycles. The largest absolute Gasteiger partial charge is 0.462 e. The third-order valence-corrected chi connectivity index (χ3v) is 13.5. The van der Waals surface area contributed by atoms with Crippen LogP contribution in [0.2, 0.25) is 0 Å². The van der Waals surface area contributed by atoms with Crippen LogP contribution in [0.1, 0.15) is 271 Å². The number of esters is 2. The van der Waals surface area contributed by atoms with E-state index >= 15 is 0 Å². The molecule has 0 amide bonds. The van der Waals surface area contributed by atoms with Gasteiger partial charge in [-0.3, -0.25) is 9.59 Å². The van der Waals surface area contributed by atoms with Crippen molar-refractivity contribution in [2.45, 2.75) is 307 Å². The molecule has 1 aliphatic rings. The summed E-state index contributed by atoms with van der Waals surface area (Å²) < 4.78 is 22.3. The Kier molecular flexibility index (Phi) is 46.6. The van der Waals surface area contributed by atoms with Crippen LogP contribution in [0.25, 0.3) is 0 Å². The minimum absolute atomic E-state index is 0.172. The maximum atomic E-state index is 12.9. The van der Waals surface area contributed by atoms with Crippen molar-refractivity contribution in [2.75, 3.05) is 19.8 Å². The first kappa shape index (κ1) is 64.9. The van der Waals surface area contributed by atoms with Crippen LogP contribution in [0.5, 0.6) is 0 Å². The van der Waals surface area contributed by atoms with Gasteiger partial charge >= 0.3 is 11.9 Å². The summed E-state index contributed by atoms with van der Waals surface area (Å²) in [4.78, 5) is 25.5.